The van der Waals surface area contributed by atoms with Gasteiger partial charge in [-0.2, -0.15) is 0 Å². The molecule has 0 aromatic heterocycles. The first-order valence-corrected chi connectivity index (χ1v) is 8.40. The van der Waals surface area contributed by atoms with Crippen molar-refractivity contribution in [1.82, 2.24) is 0 Å². The molecule has 0 N–H and O–H groups in total. The second-order valence-electron chi connectivity index (χ2n) is 5.25. The molecule has 2 aliphatic carbocycles. The van der Waals surface area contributed by atoms with E-state index in [1.807, 2.05) is 12.1 Å². The number of benzene rings is 1. The van der Waals surface area contributed by atoms with E-state index < -0.39 is 9.84 Å². The molecule has 1 aromatic carbocycles. The van der Waals surface area contributed by atoms with Gasteiger partial charge in [-0.05, 0) is 49.3 Å². The molecule has 0 heterocycles. The quantitative estimate of drug-likeness (QED) is 0.773. The molecule has 0 amide bonds. The van der Waals surface area contributed by atoms with Gasteiger partial charge < -0.3 is 0 Å². The van der Waals surface area contributed by atoms with Gasteiger partial charge in [0.05, 0.1) is 10.1 Å². The minimum Gasteiger partial charge on any atom is -0.223 e. The average Bonchev–Trinajstić information content (AvgIpc) is 2.47. The van der Waals surface area contributed by atoms with Crippen LogP contribution >= 0.6 is 0 Å². The summed E-state index contributed by atoms with van der Waals surface area (Å²) in [4.78, 5) is 0.445. The maximum atomic E-state index is 12.8. The Labute approximate surface area is 114 Å². The fourth-order valence-corrected chi connectivity index (χ4v) is 4.94. The first kappa shape index (κ1) is 12.7. The van der Waals surface area contributed by atoms with E-state index in [4.69, 9.17) is 0 Å². The highest BCUT2D eigenvalue weighted by Crippen LogP contribution is 2.38. The lowest BCUT2D eigenvalue weighted by Crippen LogP contribution is -2.30. The second kappa shape index (κ2) is 4.97. The zero-order valence-electron chi connectivity index (χ0n) is 10.8. The van der Waals surface area contributed by atoms with Crippen LogP contribution in [0, 0.1) is 5.92 Å². The molecule has 0 bridgehead atoms. The molecule has 1 aromatic rings. The predicted molar refractivity (Wildman–Crippen MR) is 76.6 cm³/mol. The molecule has 0 spiro atoms. The van der Waals surface area contributed by atoms with Gasteiger partial charge in [-0.3, -0.25) is 0 Å². The summed E-state index contributed by atoms with van der Waals surface area (Å²) in [5.74, 6) is 0.339. The lowest BCUT2D eigenvalue weighted by Gasteiger charge is -2.31. The normalized spacial score (nSPS) is 26.6. The Morgan fingerprint density at radius 3 is 2.68 bits per heavy atom. The molecular formula is C16H18O2S. The van der Waals surface area contributed by atoms with Crippen molar-refractivity contribution in [2.24, 2.45) is 5.92 Å². The van der Waals surface area contributed by atoms with Gasteiger partial charge in [-0.15, -0.1) is 0 Å². The molecule has 0 unspecified atom stereocenters. The van der Waals surface area contributed by atoms with Gasteiger partial charge in [0.2, 0.25) is 0 Å². The third kappa shape index (κ3) is 2.27. The van der Waals surface area contributed by atoms with Crippen LogP contribution in [-0.2, 0) is 9.84 Å². The minimum atomic E-state index is -3.25. The minimum absolute atomic E-state index is 0.339. The van der Waals surface area contributed by atoms with Gasteiger partial charge in [-0.25, -0.2) is 8.42 Å². The van der Waals surface area contributed by atoms with Crippen LogP contribution < -0.4 is 0 Å². The predicted octanol–water partition coefficient (Wildman–Crippen LogP) is 3.52. The van der Waals surface area contributed by atoms with E-state index in [9.17, 15) is 8.42 Å². The van der Waals surface area contributed by atoms with Gasteiger partial charge in [-0.1, -0.05) is 36.4 Å². The van der Waals surface area contributed by atoms with Gasteiger partial charge >= 0.3 is 0 Å². The summed E-state index contributed by atoms with van der Waals surface area (Å²) >= 11 is 0. The Bertz CT molecular complexity index is 611. The number of hydrogen-bond acceptors (Lipinski definition) is 2. The van der Waals surface area contributed by atoms with E-state index in [0.29, 0.717) is 17.2 Å². The third-order valence-corrected chi connectivity index (χ3v) is 6.21. The first-order chi connectivity index (χ1) is 9.19. The summed E-state index contributed by atoms with van der Waals surface area (Å²) in [7, 11) is -3.25. The SMILES string of the molecule is O=S(=O)(c1ccccc1)[C@H]1CC=C[C@@H]2CCCC=C21. The third-order valence-electron chi connectivity index (χ3n) is 4.06. The van der Waals surface area contributed by atoms with E-state index in [1.165, 1.54) is 0 Å². The maximum absolute atomic E-state index is 12.8. The zero-order chi connectivity index (χ0) is 13.3. The summed E-state index contributed by atoms with van der Waals surface area (Å²) in [6, 6.07) is 8.83. The smallest absolute Gasteiger partial charge is 0.185 e. The second-order valence-corrected chi connectivity index (χ2v) is 7.38. The summed E-state index contributed by atoms with van der Waals surface area (Å²) in [5, 5.41) is -0.356. The lowest BCUT2D eigenvalue weighted by molar-refractivity contribution is 0.540. The lowest BCUT2D eigenvalue weighted by atomic mass is 9.81. The van der Waals surface area contributed by atoms with E-state index in [0.717, 1.165) is 24.8 Å². The Kier molecular flexibility index (Phi) is 3.31. The van der Waals surface area contributed by atoms with Crippen LogP contribution in [0.15, 0.2) is 59.0 Å². The number of fused-ring (bicyclic) bond motifs is 1. The maximum Gasteiger partial charge on any atom is 0.185 e. The molecule has 0 radical (unpaired) electrons. The Balaban J connectivity index is 2.02. The monoisotopic (exact) mass is 274 g/mol. The van der Waals surface area contributed by atoms with Crippen LogP contribution in [0.2, 0.25) is 0 Å². The van der Waals surface area contributed by atoms with Gasteiger partial charge in [0.25, 0.3) is 0 Å². The van der Waals surface area contributed by atoms with Crippen LogP contribution in [-0.4, -0.2) is 13.7 Å². The first-order valence-electron chi connectivity index (χ1n) is 6.85. The fourth-order valence-electron chi connectivity index (χ4n) is 3.08. The van der Waals surface area contributed by atoms with E-state index in [-0.39, 0.29) is 5.25 Å². The molecule has 0 saturated carbocycles. The molecule has 2 aliphatic rings. The molecular weight excluding hydrogens is 256 g/mol. The van der Waals surface area contributed by atoms with Crippen molar-refractivity contribution in [3.8, 4) is 0 Å². The van der Waals surface area contributed by atoms with Crippen LogP contribution in [0.5, 0.6) is 0 Å². The van der Waals surface area contributed by atoms with Gasteiger partial charge in [0, 0.05) is 0 Å². The molecule has 100 valence electrons. The van der Waals surface area contributed by atoms with Crippen LogP contribution in [0.1, 0.15) is 25.7 Å². The van der Waals surface area contributed by atoms with Crippen molar-refractivity contribution in [3.63, 3.8) is 0 Å². The molecule has 0 saturated heterocycles. The molecule has 2 nitrogen and oxygen atoms in total. The number of hydrogen-bond donors (Lipinski definition) is 0. The van der Waals surface area contributed by atoms with E-state index >= 15 is 0 Å². The van der Waals surface area contributed by atoms with Crippen LogP contribution in [0.4, 0.5) is 0 Å². The van der Waals surface area contributed by atoms with Gasteiger partial charge in [0.1, 0.15) is 0 Å². The molecule has 3 heteroatoms. The van der Waals surface area contributed by atoms with Crippen molar-refractivity contribution in [3.05, 3.63) is 54.1 Å². The Morgan fingerprint density at radius 2 is 1.89 bits per heavy atom. The van der Waals surface area contributed by atoms with E-state index in [1.54, 1.807) is 24.3 Å². The highest BCUT2D eigenvalue weighted by molar-refractivity contribution is 7.92. The highest BCUT2D eigenvalue weighted by Gasteiger charge is 2.35. The topological polar surface area (TPSA) is 34.1 Å². The summed E-state index contributed by atoms with van der Waals surface area (Å²) in [6.45, 7) is 0. The van der Waals surface area contributed by atoms with Crippen molar-refractivity contribution < 1.29 is 8.42 Å². The van der Waals surface area contributed by atoms with Crippen LogP contribution in [0.3, 0.4) is 0 Å². The number of sulfone groups is 1. The fraction of sp³-hybridized carbons (Fsp3) is 0.375. The Morgan fingerprint density at radius 1 is 1.11 bits per heavy atom. The van der Waals surface area contributed by atoms with Crippen molar-refractivity contribution in [2.75, 3.05) is 0 Å². The average molecular weight is 274 g/mol. The van der Waals surface area contributed by atoms with Crippen LogP contribution in [0.25, 0.3) is 0 Å². The van der Waals surface area contributed by atoms with Crippen molar-refractivity contribution in [2.45, 2.75) is 35.8 Å². The molecule has 2 atom stereocenters. The molecule has 0 aliphatic heterocycles. The molecule has 0 fully saturated rings. The summed E-state index contributed by atoms with van der Waals surface area (Å²) < 4.78 is 25.5. The molecule has 3 rings (SSSR count). The van der Waals surface area contributed by atoms with Crippen molar-refractivity contribution >= 4 is 9.84 Å². The summed E-state index contributed by atoms with van der Waals surface area (Å²) in [6.07, 6.45) is 10.3. The number of rotatable bonds is 2. The highest BCUT2D eigenvalue weighted by atomic mass is 32.2. The molecule has 19 heavy (non-hydrogen) atoms. The standard InChI is InChI=1S/C16H18O2S/c17-19(18,14-9-2-1-3-10-14)16-12-6-8-13-7-4-5-11-15(13)16/h1-3,6,8-11,13,16H,4-5,7,12H2/t13-,16-/m0/s1. The largest absolute Gasteiger partial charge is 0.223 e. The van der Waals surface area contributed by atoms with Gasteiger partial charge in [0.15, 0.2) is 9.84 Å². The zero-order valence-corrected chi connectivity index (χ0v) is 11.6. The summed E-state index contributed by atoms with van der Waals surface area (Å²) in [5.41, 5.74) is 1.12. The Hall–Kier alpha value is -1.35. The number of allylic oxidation sites excluding steroid dienone is 3. The van der Waals surface area contributed by atoms with Crippen molar-refractivity contribution in [1.29, 1.82) is 0 Å². The van der Waals surface area contributed by atoms with E-state index in [2.05, 4.69) is 12.2 Å².